The van der Waals surface area contributed by atoms with Crippen LogP contribution in [0.25, 0.3) is 0 Å². The Balaban J connectivity index is 1.74. The molecule has 1 heterocycles. The second-order valence-electron chi connectivity index (χ2n) is 10.3. The van der Waals surface area contributed by atoms with Crippen molar-refractivity contribution in [3.05, 3.63) is 0 Å². The number of ether oxygens (including phenoxy) is 10. The maximum absolute atomic E-state index is 12.7. The third kappa shape index (κ3) is 17.1. The molecule has 0 unspecified atom stereocenters. The molecule has 1 saturated heterocycles. The molecule has 1 aliphatic rings. The summed E-state index contributed by atoms with van der Waals surface area (Å²) in [7, 11) is 1.64. The van der Waals surface area contributed by atoms with E-state index in [0.29, 0.717) is 132 Å². The van der Waals surface area contributed by atoms with Gasteiger partial charge in [0.05, 0.1) is 126 Å². The lowest BCUT2D eigenvalue weighted by Gasteiger charge is -2.35. The summed E-state index contributed by atoms with van der Waals surface area (Å²) in [6.45, 7) is 18.1. The quantitative estimate of drug-likeness (QED) is 0.0817. The van der Waals surface area contributed by atoms with Crippen LogP contribution in [-0.4, -0.2) is 165 Å². The van der Waals surface area contributed by atoms with E-state index in [-0.39, 0.29) is 5.91 Å². The average molecular weight is 676 g/mol. The molecular weight excluding hydrogens is 620 g/mol. The molecule has 1 amide bonds. The minimum atomic E-state index is -0.587. The molecule has 0 spiro atoms. The van der Waals surface area contributed by atoms with Crippen molar-refractivity contribution in [2.75, 3.05) is 139 Å². The van der Waals surface area contributed by atoms with Crippen LogP contribution in [-0.2, 0) is 52.2 Å². The van der Waals surface area contributed by atoms with E-state index in [9.17, 15) is 4.79 Å². The fourth-order valence-electron chi connectivity index (χ4n) is 3.99. The zero-order valence-corrected chi connectivity index (χ0v) is 28.0. The first kappa shape index (κ1) is 39.5. The first-order chi connectivity index (χ1) is 20.3. The third-order valence-electron chi connectivity index (χ3n) is 6.27. The van der Waals surface area contributed by atoms with Crippen LogP contribution in [0.5, 0.6) is 0 Å². The SMILES string of the molecule is COCCOCCOCCOCCOCCOCCOCCOCCOCCOCCN1C(=O)C(C)(C)N(Br)C1(C)C. The molecule has 1 rings (SSSR count). The Hall–Kier alpha value is -0.490. The topological polar surface area (TPSA) is 116 Å². The molecule has 0 N–H and O–H groups in total. The minimum absolute atomic E-state index is 0.0794. The first-order valence-corrected chi connectivity index (χ1v) is 15.4. The van der Waals surface area contributed by atoms with Crippen LogP contribution in [0.3, 0.4) is 0 Å². The lowest BCUT2D eigenvalue weighted by molar-refractivity contribution is -0.134. The monoisotopic (exact) mass is 674 g/mol. The smallest absolute Gasteiger partial charge is 0.245 e. The van der Waals surface area contributed by atoms with Crippen LogP contribution in [0.2, 0.25) is 0 Å². The third-order valence-corrected chi connectivity index (χ3v) is 8.02. The molecule has 0 aromatic carbocycles. The standard InChI is InChI=1S/C28H55BrN2O11/c1-27(2)26(32)30(28(3,4)31(27)29)6-7-34-10-11-36-14-15-38-18-19-40-22-23-42-25-24-41-21-20-39-17-16-37-13-12-35-9-8-33-5/h6-25H2,1-5H3. The van der Waals surface area contributed by atoms with Gasteiger partial charge in [-0.05, 0) is 27.7 Å². The Labute approximate surface area is 260 Å². The van der Waals surface area contributed by atoms with Crippen LogP contribution in [0.15, 0.2) is 0 Å². The number of rotatable bonds is 30. The van der Waals surface area contributed by atoms with Gasteiger partial charge in [-0.2, -0.15) is 0 Å². The normalized spacial score (nSPS) is 16.6. The summed E-state index contributed by atoms with van der Waals surface area (Å²) in [6, 6.07) is 0. The molecular formula is C28H55BrN2O11. The molecule has 250 valence electrons. The van der Waals surface area contributed by atoms with Crippen molar-refractivity contribution in [2.45, 2.75) is 38.9 Å². The Morgan fingerprint density at radius 2 is 0.762 bits per heavy atom. The molecule has 0 saturated carbocycles. The highest BCUT2D eigenvalue weighted by Gasteiger charge is 2.55. The van der Waals surface area contributed by atoms with Crippen molar-refractivity contribution < 1.29 is 52.2 Å². The zero-order chi connectivity index (χ0) is 30.9. The Morgan fingerprint density at radius 1 is 0.500 bits per heavy atom. The summed E-state index contributed by atoms with van der Waals surface area (Å²) in [4.78, 5) is 14.5. The molecule has 0 atom stereocenters. The summed E-state index contributed by atoms with van der Waals surface area (Å²) in [5, 5.41) is 0. The fraction of sp³-hybridized carbons (Fsp3) is 0.964. The van der Waals surface area contributed by atoms with E-state index < -0.39 is 11.2 Å². The van der Waals surface area contributed by atoms with E-state index in [1.165, 1.54) is 0 Å². The Kier molecular flexibility index (Phi) is 23.3. The molecule has 14 heteroatoms. The Morgan fingerprint density at radius 3 is 1.00 bits per heavy atom. The van der Waals surface area contributed by atoms with Gasteiger partial charge in [0.25, 0.3) is 0 Å². The van der Waals surface area contributed by atoms with Crippen LogP contribution >= 0.6 is 16.1 Å². The van der Waals surface area contributed by atoms with Crippen molar-refractivity contribution in [3.63, 3.8) is 0 Å². The van der Waals surface area contributed by atoms with E-state index in [1.807, 2.05) is 36.5 Å². The van der Waals surface area contributed by atoms with E-state index in [4.69, 9.17) is 47.4 Å². The molecule has 0 aromatic rings. The lowest BCUT2D eigenvalue weighted by atomic mass is 10.1. The number of methoxy groups -OCH3 is 1. The van der Waals surface area contributed by atoms with Gasteiger partial charge in [-0.3, -0.25) is 4.79 Å². The van der Waals surface area contributed by atoms with E-state index in [2.05, 4.69) is 16.1 Å². The van der Waals surface area contributed by atoms with Crippen molar-refractivity contribution in [1.82, 2.24) is 8.83 Å². The first-order valence-electron chi connectivity index (χ1n) is 14.7. The van der Waals surface area contributed by atoms with Gasteiger partial charge in [0.15, 0.2) is 0 Å². The van der Waals surface area contributed by atoms with Gasteiger partial charge in [0, 0.05) is 29.8 Å². The van der Waals surface area contributed by atoms with Crippen LogP contribution in [0, 0.1) is 0 Å². The van der Waals surface area contributed by atoms with Crippen LogP contribution in [0.1, 0.15) is 27.7 Å². The van der Waals surface area contributed by atoms with Gasteiger partial charge in [0.1, 0.15) is 11.2 Å². The maximum atomic E-state index is 12.7. The van der Waals surface area contributed by atoms with Crippen LogP contribution in [0.4, 0.5) is 0 Å². The second kappa shape index (κ2) is 24.8. The number of carbonyl (C=O) groups excluding carboxylic acids is 1. The number of amides is 1. The molecule has 1 aliphatic heterocycles. The van der Waals surface area contributed by atoms with Crippen molar-refractivity contribution in [3.8, 4) is 0 Å². The molecule has 42 heavy (non-hydrogen) atoms. The number of halogens is 1. The minimum Gasteiger partial charge on any atom is -0.382 e. The number of hydrogen-bond donors (Lipinski definition) is 0. The zero-order valence-electron chi connectivity index (χ0n) is 26.4. The van der Waals surface area contributed by atoms with Gasteiger partial charge in [-0.15, -0.1) is 0 Å². The summed E-state index contributed by atoms with van der Waals surface area (Å²) >= 11 is 3.54. The predicted octanol–water partition coefficient (Wildman–Crippen LogP) is 1.75. The lowest BCUT2D eigenvalue weighted by Crippen LogP contribution is -2.47. The maximum Gasteiger partial charge on any atom is 0.245 e. The van der Waals surface area contributed by atoms with Crippen molar-refractivity contribution in [1.29, 1.82) is 0 Å². The van der Waals surface area contributed by atoms with E-state index >= 15 is 0 Å². The molecule has 0 bridgehead atoms. The molecule has 0 aromatic heterocycles. The van der Waals surface area contributed by atoms with Gasteiger partial charge in [-0.1, -0.05) is 0 Å². The van der Waals surface area contributed by atoms with Crippen molar-refractivity contribution in [2.24, 2.45) is 0 Å². The summed E-state index contributed by atoms with van der Waals surface area (Å²) in [5.41, 5.74) is -1.01. The van der Waals surface area contributed by atoms with E-state index in [0.717, 1.165) is 0 Å². The van der Waals surface area contributed by atoms with Crippen molar-refractivity contribution >= 4 is 22.1 Å². The molecule has 1 fully saturated rings. The predicted molar refractivity (Wildman–Crippen MR) is 160 cm³/mol. The highest BCUT2D eigenvalue weighted by atomic mass is 79.9. The summed E-state index contributed by atoms with van der Waals surface area (Å²) < 4.78 is 56.0. The largest absolute Gasteiger partial charge is 0.382 e. The van der Waals surface area contributed by atoms with E-state index in [1.54, 1.807) is 7.11 Å². The summed E-state index contributed by atoms with van der Waals surface area (Å²) in [5.74, 6) is 0.0794. The fourth-order valence-corrected chi connectivity index (χ4v) is 4.33. The Bertz CT molecular complexity index is 661. The number of carbonyl (C=O) groups is 1. The van der Waals surface area contributed by atoms with Gasteiger partial charge >= 0.3 is 0 Å². The van der Waals surface area contributed by atoms with Gasteiger partial charge in [-0.25, -0.2) is 3.93 Å². The number of hydrogen-bond acceptors (Lipinski definition) is 12. The highest BCUT2D eigenvalue weighted by molar-refractivity contribution is 9.07. The molecule has 13 nitrogen and oxygen atoms in total. The average Bonchev–Trinajstić information content (AvgIpc) is 3.08. The van der Waals surface area contributed by atoms with Gasteiger partial charge in [0.2, 0.25) is 5.91 Å². The van der Waals surface area contributed by atoms with Crippen LogP contribution < -0.4 is 0 Å². The molecule has 0 aliphatic carbocycles. The number of nitrogens with zero attached hydrogens (tertiary/aromatic N) is 2. The second-order valence-corrected chi connectivity index (χ2v) is 11.0. The molecule has 0 radical (unpaired) electrons. The summed E-state index contributed by atoms with van der Waals surface area (Å²) in [6.07, 6.45) is 0. The van der Waals surface area contributed by atoms with Gasteiger partial charge < -0.3 is 52.3 Å². The highest BCUT2D eigenvalue weighted by Crippen LogP contribution is 2.40.